The van der Waals surface area contributed by atoms with Crippen LogP contribution in [-0.4, -0.2) is 69.3 Å². The number of nitrogens with zero attached hydrogens (tertiary/aromatic N) is 8. The summed E-state index contributed by atoms with van der Waals surface area (Å²) in [6, 6.07) is 5.66. The van der Waals surface area contributed by atoms with E-state index in [1.54, 1.807) is 4.90 Å². The van der Waals surface area contributed by atoms with Crippen LogP contribution in [-0.2, 0) is 11.0 Å². The highest BCUT2D eigenvalue weighted by Crippen LogP contribution is 2.36. The number of aromatic nitrogens is 4. The van der Waals surface area contributed by atoms with Gasteiger partial charge in [-0.15, -0.1) is 0 Å². The molecule has 1 amide bonds. The number of anilines is 2. The first-order valence-electron chi connectivity index (χ1n) is 12.9. The van der Waals surface area contributed by atoms with Gasteiger partial charge >= 0.3 is 6.18 Å². The molecule has 0 aliphatic carbocycles. The highest BCUT2D eigenvalue weighted by Gasteiger charge is 2.37. The molecule has 40 heavy (non-hydrogen) atoms. The van der Waals surface area contributed by atoms with Crippen molar-refractivity contribution >= 4 is 28.6 Å². The van der Waals surface area contributed by atoms with Crippen molar-refractivity contribution in [2.24, 2.45) is 0 Å². The van der Waals surface area contributed by atoms with Crippen LogP contribution in [0.3, 0.4) is 0 Å². The quantitative estimate of drug-likeness (QED) is 0.444. The average Bonchev–Trinajstić information content (AvgIpc) is 3.47. The Morgan fingerprint density at radius 1 is 1.18 bits per heavy atom. The van der Waals surface area contributed by atoms with E-state index in [9.17, 15) is 28.0 Å². The molecule has 2 saturated heterocycles. The lowest BCUT2D eigenvalue weighted by Gasteiger charge is -2.41. The minimum atomic E-state index is -4.70. The zero-order valence-corrected chi connectivity index (χ0v) is 21.9. The molecule has 5 rings (SSSR count). The topological polar surface area (TPSA) is 111 Å². The predicted molar refractivity (Wildman–Crippen MR) is 142 cm³/mol. The molecule has 1 aromatic carbocycles. The molecule has 13 heteroatoms. The highest BCUT2D eigenvalue weighted by atomic mass is 19.4. The van der Waals surface area contributed by atoms with Crippen molar-refractivity contribution in [3.05, 3.63) is 58.5 Å². The molecule has 3 aromatic rings. The van der Waals surface area contributed by atoms with E-state index < -0.39 is 23.3 Å². The van der Waals surface area contributed by atoms with Crippen molar-refractivity contribution in [2.75, 3.05) is 42.5 Å². The van der Waals surface area contributed by atoms with Crippen LogP contribution in [0.15, 0.2) is 41.8 Å². The Morgan fingerprint density at radius 2 is 1.93 bits per heavy atom. The van der Waals surface area contributed by atoms with Crippen molar-refractivity contribution in [1.29, 1.82) is 5.26 Å². The number of alkyl halides is 3. The van der Waals surface area contributed by atoms with Crippen LogP contribution in [0.1, 0.15) is 30.4 Å². The molecule has 2 aromatic heterocycles. The van der Waals surface area contributed by atoms with Gasteiger partial charge in [0.2, 0.25) is 11.9 Å². The Bertz CT molecular complexity index is 1570. The standard InChI is InChI=1S/C27H27F3N8O2/c1-3-21(39)37-14-13-36(16-18(37)9-10-31)24-19-15-32-38(20-8-6-7-17(2)22(20)27(28,29)30)25(40)23(19)33-26(34-24)35-11-4-5-12-35/h3,6-8,15,18H,1,4-5,9,11-14,16H2,2H3. The summed E-state index contributed by atoms with van der Waals surface area (Å²) in [7, 11) is 0. The van der Waals surface area contributed by atoms with Gasteiger partial charge in [-0.3, -0.25) is 9.59 Å². The third kappa shape index (κ3) is 4.85. The van der Waals surface area contributed by atoms with E-state index in [1.165, 1.54) is 37.4 Å². The van der Waals surface area contributed by atoms with Gasteiger partial charge in [0.15, 0.2) is 0 Å². The second-order valence-electron chi connectivity index (χ2n) is 9.83. The summed E-state index contributed by atoms with van der Waals surface area (Å²) < 4.78 is 42.7. The summed E-state index contributed by atoms with van der Waals surface area (Å²) in [5.41, 5.74) is -2.21. The van der Waals surface area contributed by atoms with E-state index in [0.717, 1.165) is 17.5 Å². The number of hydrogen-bond donors (Lipinski definition) is 0. The molecule has 0 bridgehead atoms. The number of rotatable bonds is 5. The predicted octanol–water partition coefficient (Wildman–Crippen LogP) is 3.22. The molecule has 2 fully saturated rings. The second-order valence-corrected chi connectivity index (χ2v) is 9.83. The van der Waals surface area contributed by atoms with Crippen LogP contribution in [0.25, 0.3) is 16.6 Å². The van der Waals surface area contributed by atoms with Crippen LogP contribution in [0.4, 0.5) is 24.9 Å². The molecule has 2 aliphatic heterocycles. The third-order valence-electron chi connectivity index (χ3n) is 7.33. The summed E-state index contributed by atoms with van der Waals surface area (Å²) in [6.45, 7) is 7.15. The molecule has 2 aliphatic rings. The number of nitriles is 1. The maximum Gasteiger partial charge on any atom is 0.418 e. The number of carbonyl (C=O) groups is 1. The molecule has 0 saturated carbocycles. The molecule has 0 spiro atoms. The Labute approximate surface area is 227 Å². The number of hydrogen-bond acceptors (Lipinski definition) is 8. The number of aryl methyl sites for hydroxylation is 1. The SMILES string of the molecule is C=CC(=O)N1CCN(c2nc(N3CCCC3)nc3c(=O)n(-c4cccc(C)c4C(F)(F)F)ncc23)CC1CC#N. The third-order valence-corrected chi connectivity index (χ3v) is 7.33. The van der Waals surface area contributed by atoms with Crippen molar-refractivity contribution in [3.8, 4) is 11.8 Å². The Balaban J connectivity index is 1.67. The van der Waals surface area contributed by atoms with E-state index in [4.69, 9.17) is 4.98 Å². The molecule has 0 radical (unpaired) electrons. The fourth-order valence-corrected chi connectivity index (χ4v) is 5.40. The lowest BCUT2D eigenvalue weighted by Crippen LogP contribution is -2.55. The van der Waals surface area contributed by atoms with Gasteiger partial charge in [0, 0.05) is 32.7 Å². The number of piperazine rings is 1. The van der Waals surface area contributed by atoms with Crippen LogP contribution in [0.5, 0.6) is 0 Å². The number of halogens is 3. The number of fused-ring (bicyclic) bond motifs is 1. The van der Waals surface area contributed by atoms with Crippen LogP contribution < -0.4 is 15.4 Å². The first kappa shape index (κ1) is 27.1. The molecular weight excluding hydrogens is 525 g/mol. The maximum atomic E-state index is 14.0. The van der Waals surface area contributed by atoms with E-state index >= 15 is 0 Å². The van der Waals surface area contributed by atoms with E-state index in [1.807, 2.05) is 9.80 Å². The van der Waals surface area contributed by atoms with E-state index in [-0.39, 0.29) is 41.0 Å². The maximum absolute atomic E-state index is 14.0. The molecule has 0 N–H and O–H groups in total. The van der Waals surface area contributed by atoms with Crippen LogP contribution in [0, 0.1) is 18.3 Å². The van der Waals surface area contributed by atoms with Crippen molar-refractivity contribution in [2.45, 2.75) is 38.4 Å². The monoisotopic (exact) mass is 552 g/mol. The van der Waals surface area contributed by atoms with Crippen molar-refractivity contribution < 1.29 is 18.0 Å². The minimum absolute atomic E-state index is 0.0320. The summed E-state index contributed by atoms with van der Waals surface area (Å²) in [4.78, 5) is 40.8. The summed E-state index contributed by atoms with van der Waals surface area (Å²) >= 11 is 0. The van der Waals surface area contributed by atoms with Gasteiger partial charge in [-0.1, -0.05) is 18.7 Å². The van der Waals surface area contributed by atoms with Gasteiger partial charge in [-0.05, 0) is 37.5 Å². The van der Waals surface area contributed by atoms with Gasteiger partial charge < -0.3 is 14.7 Å². The number of amides is 1. The highest BCUT2D eigenvalue weighted by molar-refractivity contribution is 5.90. The largest absolute Gasteiger partial charge is 0.418 e. The van der Waals surface area contributed by atoms with Gasteiger partial charge in [-0.2, -0.15) is 33.2 Å². The Morgan fingerprint density at radius 3 is 2.60 bits per heavy atom. The smallest absolute Gasteiger partial charge is 0.352 e. The van der Waals surface area contributed by atoms with Gasteiger partial charge in [0.1, 0.15) is 11.3 Å². The molecule has 1 atom stereocenters. The zero-order valence-electron chi connectivity index (χ0n) is 21.9. The van der Waals surface area contributed by atoms with Crippen molar-refractivity contribution in [1.82, 2.24) is 24.6 Å². The van der Waals surface area contributed by atoms with Crippen LogP contribution in [0.2, 0.25) is 0 Å². The van der Waals surface area contributed by atoms with Gasteiger partial charge in [0.05, 0.1) is 41.4 Å². The van der Waals surface area contributed by atoms with Gasteiger partial charge in [-0.25, -0.2) is 4.98 Å². The molecular formula is C27H27F3N8O2. The van der Waals surface area contributed by atoms with E-state index in [2.05, 4.69) is 22.7 Å². The normalized spacial score (nSPS) is 17.8. The molecule has 10 nitrogen and oxygen atoms in total. The van der Waals surface area contributed by atoms with Crippen LogP contribution >= 0.6 is 0 Å². The fourth-order valence-electron chi connectivity index (χ4n) is 5.40. The summed E-state index contributed by atoms with van der Waals surface area (Å²) in [6.07, 6.45) is -0.269. The van der Waals surface area contributed by atoms with Gasteiger partial charge in [0.25, 0.3) is 5.56 Å². The second kappa shape index (κ2) is 10.6. The van der Waals surface area contributed by atoms with Crippen molar-refractivity contribution in [3.63, 3.8) is 0 Å². The molecule has 4 heterocycles. The first-order chi connectivity index (χ1) is 19.1. The lowest BCUT2D eigenvalue weighted by atomic mass is 10.1. The fraction of sp³-hybridized carbons (Fsp3) is 0.407. The van der Waals surface area contributed by atoms with E-state index in [0.29, 0.717) is 37.9 Å². The zero-order chi connectivity index (χ0) is 28.6. The lowest BCUT2D eigenvalue weighted by molar-refractivity contribution is -0.138. The first-order valence-corrected chi connectivity index (χ1v) is 12.9. The molecule has 1 unspecified atom stereocenters. The summed E-state index contributed by atoms with van der Waals surface area (Å²) in [5.74, 6) is 0.405. The minimum Gasteiger partial charge on any atom is -0.352 e. The number of carbonyl (C=O) groups excluding carboxylic acids is 1. The average molecular weight is 553 g/mol. The Hall–Kier alpha value is -4.47. The summed E-state index contributed by atoms with van der Waals surface area (Å²) in [5, 5.41) is 13.8. The Kier molecular flexibility index (Phi) is 7.18. The number of benzene rings is 1. The molecule has 208 valence electrons.